The molecule has 0 saturated carbocycles. The van der Waals surface area contributed by atoms with Gasteiger partial charge in [-0.25, -0.2) is 4.79 Å². The van der Waals surface area contributed by atoms with Gasteiger partial charge >= 0.3 is 5.97 Å². The number of amides is 1. The summed E-state index contributed by atoms with van der Waals surface area (Å²) in [7, 11) is 0. The zero-order valence-corrected chi connectivity index (χ0v) is 16.3. The molecule has 1 aromatic carbocycles. The number of hydrogen-bond donors (Lipinski definition) is 1. The molecule has 0 saturated heterocycles. The van der Waals surface area contributed by atoms with Gasteiger partial charge in [-0.15, -0.1) is 11.3 Å². The van der Waals surface area contributed by atoms with E-state index >= 15 is 0 Å². The highest BCUT2D eigenvalue weighted by Gasteiger charge is 2.30. The fraction of sp³-hybridized carbons (Fsp3) is 0.316. The first-order valence-corrected chi connectivity index (χ1v) is 9.20. The molecule has 0 unspecified atom stereocenters. The monoisotopic (exact) mass is 390 g/mol. The lowest BCUT2D eigenvalue weighted by Crippen LogP contribution is -2.50. The van der Waals surface area contributed by atoms with Gasteiger partial charge in [-0.2, -0.15) is 5.26 Å². The zero-order valence-electron chi connectivity index (χ0n) is 14.7. The van der Waals surface area contributed by atoms with Crippen LogP contribution in [0.25, 0.3) is 10.4 Å². The van der Waals surface area contributed by atoms with E-state index in [0.717, 1.165) is 10.4 Å². The number of ether oxygens (including phenoxy) is 1. The lowest BCUT2D eigenvalue weighted by Gasteiger charge is -2.27. The largest absolute Gasteiger partial charge is 0.451 e. The van der Waals surface area contributed by atoms with Crippen LogP contribution in [-0.4, -0.2) is 24.0 Å². The van der Waals surface area contributed by atoms with Gasteiger partial charge in [-0.05, 0) is 42.7 Å². The third-order valence-corrected chi connectivity index (χ3v) is 5.42. The second-order valence-electron chi connectivity index (χ2n) is 6.26. The van der Waals surface area contributed by atoms with Crippen molar-refractivity contribution in [2.24, 2.45) is 5.92 Å². The highest BCUT2D eigenvalue weighted by Crippen LogP contribution is 2.29. The SMILES string of the molecule is CC(C)[C@](C)(C#N)NC(=O)COC(=O)c1ccc(-c2ccc(Cl)cc2)s1. The van der Waals surface area contributed by atoms with Gasteiger partial charge in [-0.3, -0.25) is 4.79 Å². The Morgan fingerprint density at radius 2 is 1.92 bits per heavy atom. The quantitative estimate of drug-likeness (QED) is 0.746. The molecule has 1 atom stereocenters. The molecule has 0 aliphatic rings. The summed E-state index contributed by atoms with van der Waals surface area (Å²) in [6.07, 6.45) is 0. The van der Waals surface area contributed by atoms with E-state index in [1.807, 2.05) is 32.0 Å². The summed E-state index contributed by atoms with van der Waals surface area (Å²) in [6.45, 7) is 4.87. The fourth-order valence-corrected chi connectivity index (χ4v) is 3.08. The molecule has 1 heterocycles. The minimum atomic E-state index is -1.01. The molecule has 1 amide bonds. The molecular weight excluding hydrogens is 372 g/mol. The summed E-state index contributed by atoms with van der Waals surface area (Å²) >= 11 is 7.15. The van der Waals surface area contributed by atoms with Gasteiger partial charge < -0.3 is 10.1 Å². The van der Waals surface area contributed by atoms with Crippen molar-refractivity contribution in [1.29, 1.82) is 5.26 Å². The number of nitriles is 1. The van der Waals surface area contributed by atoms with Crippen molar-refractivity contribution < 1.29 is 14.3 Å². The van der Waals surface area contributed by atoms with Gasteiger partial charge in [0, 0.05) is 9.90 Å². The Labute approximate surface area is 161 Å². The Bertz CT molecular complexity index is 839. The summed E-state index contributed by atoms with van der Waals surface area (Å²) in [5.41, 5.74) is -0.0633. The van der Waals surface area contributed by atoms with Crippen LogP contribution in [0, 0.1) is 17.2 Å². The number of thiophene rings is 1. The van der Waals surface area contributed by atoms with E-state index in [-0.39, 0.29) is 5.92 Å². The fourth-order valence-electron chi connectivity index (χ4n) is 2.05. The molecule has 5 nitrogen and oxygen atoms in total. The first-order chi connectivity index (χ1) is 12.2. The number of nitrogens with one attached hydrogen (secondary N) is 1. The average molecular weight is 391 g/mol. The summed E-state index contributed by atoms with van der Waals surface area (Å²) in [5.74, 6) is -1.16. The maximum atomic E-state index is 12.1. The number of rotatable bonds is 6. The van der Waals surface area contributed by atoms with Gasteiger partial charge in [0.15, 0.2) is 6.61 Å². The maximum absolute atomic E-state index is 12.1. The predicted molar refractivity (Wildman–Crippen MR) is 102 cm³/mol. The Kier molecular flexibility index (Phi) is 6.41. The maximum Gasteiger partial charge on any atom is 0.348 e. The first-order valence-electron chi connectivity index (χ1n) is 8.00. The molecule has 1 aromatic heterocycles. The van der Waals surface area contributed by atoms with Crippen molar-refractivity contribution in [2.45, 2.75) is 26.3 Å². The van der Waals surface area contributed by atoms with E-state index < -0.39 is 24.0 Å². The van der Waals surface area contributed by atoms with Crippen LogP contribution in [0.4, 0.5) is 0 Å². The van der Waals surface area contributed by atoms with E-state index in [4.69, 9.17) is 16.3 Å². The van der Waals surface area contributed by atoms with E-state index in [2.05, 4.69) is 11.4 Å². The number of hydrogen-bond acceptors (Lipinski definition) is 5. The Hall–Kier alpha value is -2.36. The average Bonchev–Trinajstić information content (AvgIpc) is 3.10. The predicted octanol–water partition coefficient (Wildman–Crippen LogP) is 4.28. The molecule has 0 bridgehead atoms. The normalized spacial score (nSPS) is 12.9. The van der Waals surface area contributed by atoms with Crippen LogP contribution in [0.2, 0.25) is 5.02 Å². The van der Waals surface area contributed by atoms with Crippen molar-refractivity contribution >= 4 is 34.8 Å². The Morgan fingerprint density at radius 1 is 1.27 bits per heavy atom. The van der Waals surface area contributed by atoms with Crippen LogP contribution < -0.4 is 5.32 Å². The lowest BCUT2D eigenvalue weighted by atomic mass is 9.90. The second-order valence-corrected chi connectivity index (χ2v) is 7.78. The highest BCUT2D eigenvalue weighted by molar-refractivity contribution is 7.17. The standard InChI is InChI=1S/C19H19ClN2O3S/c1-12(2)19(3,11-21)22-17(23)10-25-18(24)16-9-8-15(26-16)13-4-6-14(20)7-5-13/h4-9,12H,10H2,1-3H3,(H,22,23)/t19-/m0/s1. The molecule has 0 fully saturated rings. The Balaban J connectivity index is 1.95. The summed E-state index contributed by atoms with van der Waals surface area (Å²) in [4.78, 5) is 25.4. The highest BCUT2D eigenvalue weighted by atomic mass is 35.5. The molecule has 0 spiro atoms. The molecule has 0 radical (unpaired) electrons. The lowest BCUT2D eigenvalue weighted by molar-refractivity contribution is -0.125. The van der Waals surface area contributed by atoms with E-state index in [1.165, 1.54) is 11.3 Å². The number of nitrogens with zero attached hydrogens (tertiary/aromatic N) is 1. The zero-order chi connectivity index (χ0) is 19.3. The number of esters is 1. The summed E-state index contributed by atoms with van der Waals surface area (Å²) in [6, 6.07) is 12.8. The molecular formula is C19H19ClN2O3S. The van der Waals surface area contributed by atoms with Crippen molar-refractivity contribution in [3.63, 3.8) is 0 Å². The van der Waals surface area contributed by atoms with Gasteiger partial charge in [0.2, 0.25) is 0 Å². The minimum absolute atomic E-state index is 0.0774. The molecule has 136 valence electrons. The third-order valence-electron chi connectivity index (χ3n) is 4.06. The van der Waals surface area contributed by atoms with Gasteiger partial charge in [0.05, 0.1) is 6.07 Å². The molecule has 0 aliphatic carbocycles. The third kappa shape index (κ3) is 4.84. The van der Waals surface area contributed by atoms with E-state index in [9.17, 15) is 14.9 Å². The second kappa shape index (κ2) is 8.35. The Morgan fingerprint density at radius 3 is 2.50 bits per heavy atom. The number of benzene rings is 1. The molecule has 26 heavy (non-hydrogen) atoms. The van der Waals surface area contributed by atoms with Crippen molar-refractivity contribution in [3.05, 3.63) is 46.3 Å². The molecule has 2 rings (SSSR count). The summed E-state index contributed by atoms with van der Waals surface area (Å²) < 4.78 is 5.06. The minimum Gasteiger partial charge on any atom is -0.451 e. The van der Waals surface area contributed by atoms with Gasteiger partial charge in [-0.1, -0.05) is 37.6 Å². The first kappa shape index (κ1) is 20.0. The molecule has 7 heteroatoms. The van der Waals surface area contributed by atoms with E-state index in [1.54, 1.807) is 25.1 Å². The molecule has 0 aliphatic heterocycles. The summed E-state index contributed by atoms with van der Waals surface area (Å²) in [5, 5.41) is 12.4. The van der Waals surface area contributed by atoms with Crippen molar-refractivity contribution in [1.82, 2.24) is 5.32 Å². The van der Waals surface area contributed by atoms with Gasteiger partial charge in [0.1, 0.15) is 10.4 Å². The smallest absolute Gasteiger partial charge is 0.348 e. The van der Waals surface area contributed by atoms with Crippen LogP contribution >= 0.6 is 22.9 Å². The molecule has 1 N–H and O–H groups in total. The number of halogens is 1. The van der Waals surface area contributed by atoms with Crippen LogP contribution in [-0.2, 0) is 9.53 Å². The van der Waals surface area contributed by atoms with Crippen LogP contribution in [0.3, 0.4) is 0 Å². The van der Waals surface area contributed by atoms with Crippen LogP contribution in [0.5, 0.6) is 0 Å². The van der Waals surface area contributed by atoms with Crippen LogP contribution in [0.15, 0.2) is 36.4 Å². The van der Waals surface area contributed by atoms with E-state index in [0.29, 0.717) is 9.90 Å². The number of carbonyl (C=O) groups excluding carboxylic acids is 2. The topological polar surface area (TPSA) is 79.2 Å². The van der Waals surface area contributed by atoms with Crippen molar-refractivity contribution in [3.8, 4) is 16.5 Å². The number of carbonyl (C=O) groups is 2. The van der Waals surface area contributed by atoms with Gasteiger partial charge in [0.25, 0.3) is 5.91 Å². The van der Waals surface area contributed by atoms with Crippen molar-refractivity contribution in [2.75, 3.05) is 6.61 Å². The molecule has 2 aromatic rings. The van der Waals surface area contributed by atoms with Crippen LogP contribution in [0.1, 0.15) is 30.4 Å².